The maximum atomic E-state index is 12.1. The van der Waals surface area contributed by atoms with Crippen LogP contribution in [0.5, 0.6) is 11.5 Å². The van der Waals surface area contributed by atoms with Crippen molar-refractivity contribution < 1.29 is 19.1 Å². The molecule has 22 heavy (non-hydrogen) atoms. The Balaban J connectivity index is 2.26. The van der Waals surface area contributed by atoms with Gasteiger partial charge in [0, 0.05) is 14.1 Å². The van der Waals surface area contributed by atoms with Crippen LogP contribution in [0.1, 0.15) is 10.9 Å². The zero-order valence-electron chi connectivity index (χ0n) is 13.2. The van der Waals surface area contributed by atoms with Crippen molar-refractivity contribution in [2.24, 2.45) is 0 Å². The van der Waals surface area contributed by atoms with Crippen LogP contribution in [0.3, 0.4) is 0 Å². The lowest BCUT2D eigenvalue weighted by atomic mass is 10.1. The quantitative estimate of drug-likeness (QED) is 0.819. The van der Waals surface area contributed by atoms with Crippen LogP contribution in [0.2, 0.25) is 0 Å². The molecular formula is C15H20N2O4S. The van der Waals surface area contributed by atoms with Crippen LogP contribution in [0.15, 0.2) is 18.2 Å². The van der Waals surface area contributed by atoms with Crippen molar-refractivity contribution in [1.82, 2.24) is 9.80 Å². The molecule has 1 heterocycles. The topological polar surface area (TPSA) is 59.1 Å². The van der Waals surface area contributed by atoms with Gasteiger partial charge in [0.1, 0.15) is 11.9 Å². The van der Waals surface area contributed by atoms with Gasteiger partial charge in [-0.15, -0.1) is 11.8 Å². The fourth-order valence-electron chi connectivity index (χ4n) is 2.19. The molecule has 120 valence electrons. The lowest BCUT2D eigenvalue weighted by Crippen LogP contribution is -2.38. The summed E-state index contributed by atoms with van der Waals surface area (Å²) >= 11 is 1.51. The first-order valence-electron chi connectivity index (χ1n) is 6.81. The van der Waals surface area contributed by atoms with Crippen molar-refractivity contribution in [2.45, 2.75) is 5.37 Å². The van der Waals surface area contributed by atoms with Gasteiger partial charge in [-0.1, -0.05) is 6.07 Å². The standard InChI is InChI=1S/C15H20N2O4S/c1-16(2)13(18)8-17-14(19)9-22-15(17)10-5-6-11(20-3)12(7-10)21-4/h5-7,15H,8-9H2,1-4H3. The average Bonchev–Trinajstić information content (AvgIpc) is 2.87. The van der Waals surface area contributed by atoms with Crippen LogP contribution < -0.4 is 9.47 Å². The lowest BCUT2D eigenvalue weighted by molar-refractivity contribution is -0.137. The minimum absolute atomic E-state index is 0.0278. The molecule has 1 aliphatic heterocycles. The molecule has 1 atom stereocenters. The Kier molecular flexibility index (Phi) is 5.18. The first-order valence-corrected chi connectivity index (χ1v) is 7.86. The van der Waals surface area contributed by atoms with Crippen LogP contribution >= 0.6 is 11.8 Å². The van der Waals surface area contributed by atoms with Gasteiger partial charge in [0.15, 0.2) is 11.5 Å². The number of rotatable bonds is 5. The molecule has 2 amide bonds. The number of hydrogen-bond donors (Lipinski definition) is 0. The predicted molar refractivity (Wildman–Crippen MR) is 85.2 cm³/mol. The Hall–Kier alpha value is -1.89. The summed E-state index contributed by atoms with van der Waals surface area (Å²) in [4.78, 5) is 27.1. The van der Waals surface area contributed by atoms with Gasteiger partial charge in [0.2, 0.25) is 11.8 Å². The van der Waals surface area contributed by atoms with Crippen molar-refractivity contribution in [3.8, 4) is 11.5 Å². The molecule has 0 N–H and O–H groups in total. The fraction of sp³-hybridized carbons (Fsp3) is 0.467. The van der Waals surface area contributed by atoms with E-state index in [-0.39, 0.29) is 23.7 Å². The minimum atomic E-state index is -0.184. The number of ether oxygens (including phenoxy) is 2. The van der Waals surface area contributed by atoms with Crippen LogP contribution in [0.25, 0.3) is 0 Å². The third-order valence-corrected chi connectivity index (χ3v) is 4.72. The van der Waals surface area contributed by atoms with E-state index < -0.39 is 0 Å². The van der Waals surface area contributed by atoms with Crippen molar-refractivity contribution in [1.29, 1.82) is 0 Å². The van der Waals surface area contributed by atoms with E-state index in [4.69, 9.17) is 9.47 Å². The first-order chi connectivity index (χ1) is 10.5. The molecule has 6 nitrogen and oxygen atoms in total. The summed E-state index contributed by atoms with van der Waals surface area (Å²) in [6, 6.07) is 5.55. The number of likely N-dealkylation sites (N-methyl/N-ethyl adjacent to an activating group) is 1. The molecule has 2 rings (SSSR count). The second kappa shape index (κ2) is 6.91. The number of nitrogens with zero attached hydrogens (tertiary/aromatic N) is 2. The number of carbonyl (C=O) groups is 2. The van der Waals surface area contributed by atoms with Gasteiger partial charge >= 0.3 is 0 Å². The summed E-state index contributed by atoms with van der Waals surface area (Å²) in [5.74, 6) is 1.50. The van der Waals surface area contributed by atoms with Gasteiger partial charge < -0.3 is 19.3 Å². The number of benzene rings is 1. The molecule has 1 aliphatic rings. The normalized spacial score (nSPS) is 17.5. The third-order valence-electron chi connectivity index (χ3n) is 3.47. The van der Waals surface area contributed by atoms with E-state index in [0.29, 0.717) is 17.3 Å². The van der Waals surface area contributed by atoms with Crippen LogP contribution in [-0.4, -0.2) is 62.2 Å². The smallest absolute Gasteiger partial charge is 0.241 e. The maximum absolute atomic E-state index is 12.1. The third kappa shape index (κ3) is 3.30. The zero-order valence-corrected chi connectivity index (χ0v) is 14.0. The van der Waals surface area contributed by atoms with Crippen molar-refractivity contribution in [2.75, 3.05) is 40.6 Å². The molecule has 0 radical (unpaired) electrons. The predicted octanol–water partition coefficient (Wildman–Crippen LogP) is 1.37. The molecule has 1 fully saturated rings. The maximum Gasteiger partial charge on any atom is 0.241 e. The van der Waals surface area contributed by atoms with Gasteiger partial charge in [-0.2, -0.15) is 0 Å². The van der Waals surface area contributed by atoms with E-state index in [1.807, 2.05) is 18.2 Å². The van der Waals surface area contributed by atoms with E-state index in [9.17, 15) is 9.59 Å². The van der Waals surface area contributed by atoms with Gasteiger partial charge in [-0.05, 0) is 17.7 Å². The highest BCUT2D eigenvalue weighted by Crippen LogP contribution is 2.41. The molecule has 0 saturated carbocycles. The molecule has 1 saturated heterocycles. The molecule has 1 unspecified atom stereocenters. The van der Waals surface area contributed by atoms with Gasteiger partial charge in [0.05, 0.1) is 20.0 Å². The average molecular weight is 324 g/mol. The number of amides is 2. The van der Waals surface area contributed by atoms with Gasteiger partial charge in [0.25, 0.3) is 0 Å². The second-order valence-electron chi connectivity index (χ2n) is 5.09. The Morgan fingerprint density at radius 1 is 1.32 bits per heavy atom. The molecule has 0 aliphatic carbocycles. The summed E-state index contributed by atoms with van der Waals surface area (Å²) in [7, 11) is 6.51. The minimum Gasteiger partial charge on any atom is -0.493 e. The summed E-state index contributed by atoms with van der Waals surface area (Å²) in [6.45, 7) is 0.0812. The highest BCUT2D eigenvalue weighted by atomic mass is 32.2. The second-order valence-corrected chi connectivity index (χ2v) is 6.16. The Bertz CT molecular complexity index is 577. The SMILES string of the molecule is COc1ccc(C2SCC(=O)N2CC(=O)N(C)C)cc1OC. The van der Waals surface area contributed by atoms with E-state index in [0.717, 1.165) is 5.56 Å². The van der Waals surface area contributed by atoms with Crippen LogP contribution in [0.4, 0.5) is 0 Å². The Labute approximate surface area is 134 Å². The molecule has 7 heteroatoms. The van der Waals surface area contributed by atoms with Crippen molar-refractivity contribution >= 4 is 23.6 Å². The van der Waals surface area contributed by atoms with Crippen LogP contribution in [0, 0.1) is 0 Å². The Morgan fingerprint density at radius 3 is 2.59 bits per heavy atom. The van der Waals surface area contributed by atoms with E-state index in [1.165, 1.54) is 16.7 Å². The summed E-state index contributed by atoms with van der Waals surface area (Å²) in [5.41, 5.74) is 0.917. The number of carbonyl (C=O) groups excluding carboxylic acids is 2. The summed E-state index contributed by atoms with van der Waals surface area (Å²) in [5, 5.41) is -0.184. The molecule has 1 aromatic carbocycles. The summed E-state index contributed by atoms with van der Waals surface area (Å²) in [6.07, 6.45) is 0. The first kappa shape index (κ1) is 16.5. The number of thioether (sulfide) groups is 1. The van der Waals surface area contributed by atoms with E-state index in [1.54, 1.807) is 33.2 Å². The molecule has 0 spiro atoms. The summed E-state index contributed by atoms with van der Waals surface area (Å²) < 4.78 is 10.5. The number of methoxy groups -OCH3 is 2. The highest BCUT2D eigenvalue weighted by Gasteiger charge is 2.34. The largest absolute Gasteiger partial charge is 0.493 e. The molecule has 0 bridgehead atoms. The van der Waals surface area contributed by atoms with Crippen LogP contribution in [-0.2, 0) is 9.59 Å². The van der Waals surface area contributed by atoms with Crippen molar-refractivity contribution in [3.63, 3.8) is 0 Å². The van der Waals surface area contributed by atoms with E-state index in [2.05, 4.69) is 0 Å². The molecular weight excluding hydrogens is 304 g/mol. The Morgan fingerprint density at radius 2 is 2.00 bits per heavy atom. The molecule has 0 aromatic heterocycles. The van der Waals surface area contributed by atoms with Crippen molar-refractivity contribution in [3.05, 3.63) is 23.8 Å². The van der Waals surface area contributed by atoms with Gasteiger partial charge in [-0.3, -0.25) is 9.59 Å². The zero-order chi connectivity index (χ0) is 16.3. The van der Waals surface area contributed by atoms with Gasteiger partial charge in [-0.25, -0.2) is 0 Å². The lowest BCUT2D eigenvalue weighted by Gasteiger charge is -2.25. The molecule has 1 aromatic rings. The highest BCUT2D eigenvalue weighted by molar-refractivity contribution is 8.00. The van der Waals surface area contributed by atoms with E-state index >= 15 is 0 Å². The monoisotopic (exact) mass is 324 g/mol. The number of hydrogen-bond acceptors (Lipinski definition) is 5. The fourth-order valence-corrected chi connectivity index (χ4v) is 3.37.